The van der Waals surface area contributed by atoms with Gasteiger partial charge in [-0.3, -0.25) is 14.4 Å². The van der Waals surface area contributed by atoms with Crippen LogP contribution in [-0.2, 0) is 14.4 Å². The van der Waals surface area contributed by atoms with Gasteiger partial charge in [-0.25, -0.2) is 0 Å². The Hall–Kier alpha value is -3.41. The number of piperidine rings is 1. The predicted octanol–water partition coefficient (Wildman–Crippen LogP) is 3.03. The molecule has 6 heteroatoms. The molecule has 0 bridgehead atoms. The molecule has 0 aromatic heterocycles. The molecule has 32 heavy (non-hydrogen) atoms. The van der Waals surface area contributed by atoms with Gasteiger partial charge in [-0.2, -0.15) is 0 Å². The zero-order chi connectivity index (χ0) is 22.3. The average molecular weight is 432 g/mol. The van der Waals surface area contributed by atoms with Gasteiger partial charge in [0.05, 0.1) is 12.5 Å². The minimum atomic E-state index is -0.250. The third kappa shape index (κ3) is 5.25. The zero-order valence-corrected chi connectivity index (χ0v) is 18.2. The van der Waals surface area contributed by atoms with Crippen LogP contribution in [0.2, 0.25) is 0 Å². The molecule has 2 aliphatic heterocycles. The molecule has 1 atom stereocenters. The van der Waals surface area contributed by atoms with Gasteiger partial charge in [0.1, 0.15) is 0 Å². The Morgan fingerprint density at radius 2 is 1.56 bits per heavy atom. The van der Waals surface area contributed by atoms with Crippen molar-refractivity contribution in [3.05, 3.63) is 77.9 Å². The molecular formula is C26H29N3O3. The lowest BCUT2D eigenvalue weighted by atomic mass is 9.93. The number of hydrogen-bond donors (Lipinski definition) is 1. The Kier molecular flexibility index (Phi) is 7.00. The number of rotatable bonds is 4. The summed E-state index contributed by atoms with van der Waals surface area (Å²) in [5.41, 5.74) is 1.97. The van der Waals surface area contributed by atoms with Crippen molar-refractivity contribution in [1.29, 1.82) is 0 Å². The third-order valence-corrected chi connectivity index (χ3v) is 6.27. The second kappa shape index (κ2) is 10.3. The summed E-state index contributed by atoms with van der Waals surface area (Å²) >= 11 is 0. The van der Waals surface area contributed by atoms with Gasteiger partial charge in [0.15, 0.2) is 0 Å². The Morgan fingerprint density at radius 3 is 2.25 bits per heavy atom. The molecule has 2 aromatic rings. The van der Waals surface area contributed by atoms with Crippen molar-refractivity contribution in [3.63, 3.8) is 0 Å². The highest BCUT2D eigenvalue weighted by atomic mass is 16.2. The zero-order valence-electron chi connectivity index (χ0n) is 18.2. The smallest absolute Gasteiger partial charge is 0.246 e. The van der Waals surface area contributed by atoms with E-state index in [4.69, 9.17) is 0 Å². The van der Waals surface area contributed by atoms with E-state index in [1.807, 2.05) is 76.5 Å². The van der Waals surface area contributed by atoms with E-state index in [2.05, 4.69) is 5.32 Å². The van der Waals surface area contributed by atoms with E-state index in [1.54, 1.807) is 6.08 Å². The topological polar surface area (TPSA) is 69.7 Å². The van der Waals surface area contributed by atoms with Crippen LogP contribution in [0.25, 0.3) is 6.08 Å². The second-order valence-electron chi connectivity index (χ2n) is 8.36. The number of nitrogens with one attached hydrogen (secondary N) is 1. The Morgan fingerprint density at radius 1 is 0.906 bits per heavy atom. The van der Waals surface area contributed by atoms with Crippen molar-refractivity contribution >= 4 is 23.8 Å². The summed E-state index contributed by atoms with van der Waals surface area (Å²) in [5, 5.41) is 2.89. The van der Waals surface area contributed by atoms with Crippen LogP contribution in [0, 0.1) is 5.92 Å². The summed E-state index contributed by atoms with van der Waals surface area (Å²) in [7, 11) is 0. The van der Waals surface area contributed by atoms with Gasteiger partial charge in [-0.1, -0.05) is 60.7 Å². The van der Waals surface area contributed by atoms with E-state index in [0.29, 0.717) is 39.0 Å². The van der Waals surface area contributed by atoms with E-state index < -0.39 is 0 Å². The first-order valence-corrected chi connectivity index (χ1v) is 11.3. The lowest BCUT2D eigenvalue weighted by Crippen LogP contribution is -2.45. The van der Waals surface area contributed by atoms with Crippen LogP contribution in [-0.4, -0.2) is 53.7 Å². The van der Waals surface area contributed by atoms with E-state index in [0.717, 1.165) is 11.1 Å². The average Bonchev–Trinajstić information content (AvgIpc) is 3.05. The summed E-state index contributed by atoms with van der Waals surface area (Å²) in [6.07, 6.45) is 4.99. The lowest BCUT2D eigenvalue weighted by Gasteiger charge is -2.36. The van der Waals surface area contributed by atoms with Crippen LogP contribution in [0.3, 0.4) is 0 Å². The van der Waals surface area contributed by atoms with Crippen LogP contribution >= 0.6 is 0 Å². The molecule has 2 heterocycles. The maximum absolute atomic E-state index is 13.5. The van der Waals surface area contributed by atoms with Gasteiger partial charge in [0.2, 0.25) is 17.7 Å². The van der Waals surface area contributed by atoms with Gasteiger partial charge in [0.25, 0.3) is 0 Å². The van der Waals surface area contributed by atoms with Crippen LogP contribution in [0.5, 0.6) is 0 Å². The van der Waals surface area contributed by atoms with Gasteiger partial charge >= 0.3 is 0 Å². The van der Waals surface area contributed by atoms with Crippen molar-refractivity contribution in [2.45, 2.75) is 25.3 Å². The first-order valence-electron chi connectivity index (χ1n) is 11.3. The van der Waals surface area contributed by atoms with Crippen LogP contribution < -0.4 is 5.32 Å². The highest BCUT2D eigenvalue weighted by Crippen LogP contribution is 2.30. The Balaban J connectivity index is 1.39. The SMILES string of the molecule is O=C1CC(c2ccccc2)N(C(=O)C2CCN(C(=O)/C=C/c3ccccc3)CC2)CCN1. The number of benzene rings is 2. The van der Waals surface area contributed by atoms with Gasteiger partial charge in [-0.15, -0.1) is 0 Å². The molecule has 2 aliphatic rings. The quantitative estimate of drug-likeness (QED) is 0.757. The second-order valence-corrected chi connectivity index (χ2v) is 8.36. The normalized spacial score (nSPS) is 20.1. The number of hydrogen-bond acceptors (Lipinski definition) is 3. The maximum atomic E-state index is 13.5. The summed E-state index contributed by atoms with van der Waals surface area (Å²) in [6, 6.07) is 19.3. The lowest BCUT2D eigenvalue weighted by molar-refractivity contribution is -0.141. The Bertz CT molecular complexity index is 966. The van der Waals surface area contributed by atoms with Gasteiger partial charge < -0.3 is 15.1 Å². The largest absolute Gasteiger partial charge is 0.354 e. The molecule has 0 radical (unpaired) electrons. The van der Waals surface area contributed by atoms with E-state index in [1.165, 1.54) is 0 Å². The van der Waals surface area contributed by atoms with E-state index in [9.17, 15) is 14.4 Å². The predicted molar refractivity (Wildman–Crippen MR) is 123 cm³/mol. The van der Waals surface area contributed by atoms with Crippen LogP contribution in [0.15, 0.2) is 66.7 Å². The van der Waals surface area contributed by atoms with Crippen molar-refractivity contribution in [2.24, 2.45) is 5.92 Å². The first-order chi connectivity index (χ1) is 15.6. The number of amides is 3. The molecule has 6 nitrogen and oxygen atoms in total. The van der Waals surface area contributed by atoms with E-state index >= 15 is 0 Å². The summed E-state index contributed by atoms with van der Waals surface area (Å²) in [6.45, 7) is 2.10. The molecule has 0 spiro atoms. The van der Waals surface area contributed by atoms with Crippen molar-refractivity contribution < 1.29 is 14.4 Å². The van der Waals surface area contributed by atoms with Crippen LogP contribution in [0.4, 0.5) is 0 Å². The number of likely N-dealkylation sites (tertiary alicyclic amines) is 1. The molecule has 2 saturated heterocycles. The van der Waals surface area contributed by atoms with Crippen molar-refractivity contribution in [1.82, 2.24) is 15.1 Å². The molecule has 0 saturated carbocycles. The third-order valence-electron chi connectivity index (χ3n) is 6.27. The summed E-state index contributed by atoms with van der Waals surface area (Å²) in [4.78, 5) is 41.9. The summed E-state index contributed by atoms with van der Waals surface area (Å²) < 4.78 is 0. The fourth-order valence-electron chi connectivity index (χ4n) is 4.48. The van der Waals surface area contributed by atoms with Crippen molar-refractivity contribution in [2.75, 3.05) is 26.2 Å². The molecule has 1 unspecified atom stereocenters. The highest BCUT2D eigenvalue weighted by Gasteiger charge is 2.35. The van der Waals surface area contributed by atoms with Gasteiger partial charge in [0, 0.05) is 38.2 Å². The molecule has 166 valence electrons. The Labute approximate surface area is 188 Å². The van der Waals surface area contributed by atoms with Crippen LogP contribution in [0.1, 0.15) is 36.4 Å². The minimum Gasteiger partial charge on any atom is -0.354 e. The number of carbonyl (C=O) groups excluding carboxylic acids is 3. The highest BCUT2D eigenvalue weighted by molar-refractivity contribution is 5.92. The fraction of sp³-hybridized carbons (Fsp3) is 0.346. The molecule has 3 amide bonds. The van der Waals surface area contributed by atoms with Gasteiger partial charge in [-0.05, 0) is 30.0 Å². The molecular weight excluding hydrogens is 402 g/mol. The standard InChI is InChI=1S/C26H29N3O3/c30-24-19-23(21-9-5-2-6-10-21)29(18-15-27-24)26(32)22-13-16-28(17-14-22)25(31)12-11-20-7-3-1-4-8-20/h1-12,22-23H,13-19H2,(H,27,30)/b12-11+. The monoisotopic (exact) mass is 431 g/mol. The number of carbonyl (C=O) groups is 3. The maximum Gasteiger partial charge on any atom is 0.246 e. The molecule has 0 aliphatic carbocycles. The van der Waals surface area contributed by atoms with E-state index in [-0.39, 0.29) is 36.1 Å². The summed E-state index contributed by atoms with van der Waals surface area (Å²) in [5.74, 6) is -0.0925. The molecule has 4 rings (SSSR count). The first kappa shape index (κ1) is 21.8. The molecule has 2 fully saturated rings. The molecule has 2 aromatic carbocycles. The fourth-order valence-corrected chi connectivity index (χ4v) is 4.48. The molecule has 1 N–H and O–H groups in total. The van der Waals surface area contributed by atoms with Crippen molar-refractivity contribution in [3.8, 4) is 0 Å². The minimum absolute atomic E-state index is 0.0218. The number of nitrogens with zero attached hydrogens (tertiary/aromatic N) is 2.